The first-order valence-corrected chi connectivity index (χ1v) is 11.6. The van der Waals surface area contributed by atoms with E-state index in [1.165, 1.54) is 28.8 Å². The van der Waals surface area contributed by atoms with Crippen LogP contribution in [0.1, 0.15) is 42.5 Å². The molecule has 3 heterocycles. The summed E-state index contributed by atoms with van der Waals surface area (Å²) in [7, 11) is 3.04. The van der Waals surface area contributed by atoms with E-state index in [1.54, 1.807) is 40.0 Å². The van der Waals surface area contributed by atoms with E-state index < -0.39 is 11.7 Å². The van der Waals surface area contributed by atoms with Crippen molar-refractivity contribution in [2.24, 2.45) is 0 Å². The van der Waals surface area contributed by atoms with Gasteiger partial charge in [-0.2, -0.15) is 0 Å². The third kappa shape index (κ3) is 6.23. The second-order valence-electron chi connectivity index (χ2n) is 8.59. The number of nitrogens with zero attached hydrogens (tertiary/aromatic N) is 4. The van der Waals surface area contributed by atoms with Gasteiger partial charge in [0.2, 0.25) is 0 Å². The molecule has 188 valence electrons. The summed E-state index contributed by atoms with van der Waals surface area (Å²) >= 11 is 19.1. The molecule has 9 nitrogen and oxygen atoms in total. The number of rotatable bonds is 8. The zero-order chi connectivity index (χ0) is 25.9. The predicted molar refractivity (Wildman–Crippen MR) is 134 cm³/mol. The van der Waals surface area contributed by atoms with Crippen molar-refractivity contribution in [2.45, 2.75) is 39.4 Å². The molecule has 3 rings (SSSR count). The fourth-order valence-electron chi connectivity index (χ4n) is 3.22. The summed E-state index contributed by atoms with van der Waals surface area (Å²) in [6.45, 7) is 5.36. The highest BCUT2D eigenvalue weighted by atomic mass is 35.5. The molecule has 0 aliphatic heterocycles. The Kier molecular flexibility index (Phi) is 8.61. The minimum atomic E-state index is -0.702. The third-order valence-corrected chi connectivity index (χ3v) is 5.84. The standard InChI is InChI=1S/C23H25Cl3N4O5/c1-23(2,3)35-22(32)29(4)18-7-6-17(19(31)8-13-14(24)9-27-10-15(13)25)30-20(26)16(28-21(18)30)11-34-12-33-5/h6-7,9-10H,8,11-12H2,1-5H3. The van der Waals surface area contributed by atoms with Gasteiger partial charge in [0.05, 0.1) is 28.0 Å². The molecule has 0 spiro atoms. The van der Waals surface area contributed by atoms with Crippen molar-refractivity contribution < 1.29 is 23.8 Å². The van der Waals surface area contributed by atoms with Gasteiger partial charge in [-0.15, -0.1) is 0 Å². The van der Waals surface area contributed by atoms with Crippen LogP contribution >= 0.6 is 34.8 Å². The van der Waals surface area contributed by atoms with E-state index in [0.717, 1.165) is 0 Å². The third-order valence-electron chi connectivity index (χ3n) is 4.80. The molecule has 0 radical (unpaired) electrons. The number of aromatic nitrogens is 3. The molecule has 3 aromatic heterocycles. The first-order chi connectivity index (χ1) is 16.4. The lowest BCUT2D eigenvalue weighted by Crippen LogP contribution is -2.34. The van der Waals surface area contributed by atoms with E-state index >= 15 is 0 Å². The van der Waals surface area contributed by atoms with Gasteiger partial charge in [0.1, 0.15) is 23.2 Å². The second-order valence-corrected chi connectivity index (χ2v) is 9.76. The van der Waals surface area contributed by atoms with E-state index in [4.69, 9.17) is 49.0 Å². The van der Waals surface area contributed by atoms with Crippen molar-refractivity contribution in [2.75, 3.05) is 25.9 Å². The minimum Gasteiger partial charge on any atom is -0.443 e. The number of methoxy groups -OCH3 is 1. The van der Waals surface area contributed by atoms with Gasteiger partial charge in [0, 0.05) is 38.5 Å². The highest BCUT2D eigenvalue weighted by Crippen LogP contribution is 2.31. The number of pyridine rings is 2. The van der Waals surface area contributed by atoms with Crippen molar-refractivity contribution >= 4 is 58.0 Å². The normalized spacial score (nSPS) is 11.7. The van der Waals surface area contributed by atoms with Gasteiger partial charge in [-0.1, -0.05) is 34.8 Å². The molecule has 0 aliphatic rings. The zero-order valence-corrected chi connectivity index (χ0v) is 22.2. The van der Waals surface area contributed by atoms with Gasteiger partial charge in [-0.3, -0.25) is 19.1 Å². The fraction of sp³-hybridized carbons (Fsp3) is 0.391. The molecule has 0 bridgehead atoms. The van der Waals surface area contributed by atoms with Gasteiger partial charge in [-0.05, 0) is 32.9 Å². The minimum absolute atomic E-state index is 0.0274. The summed E-state index contributed by atoms with van der Waals surface area (Å²) in [4.78, 5) is 35.9. The number of imidazole rings is 1. The number of halogens is 3. The number of anilines is 1. The van der Waals surface area contributed by atoms with Gasteiger partial charge in [-0.25, -0.2) is 9.78 Å². The van der Waals surface area contributed by atoms with Crippen LogP contribution in [0, 0.1) is 0 Å². The Morgan fingerprint density at radius 3 is 2.37 bits per heavy atom. The average molecular weight is 544 g/mol. The topological polar surface area (TPSA) is 95.3 Å². The number of fused-ring (bicyclic) bond motifs is 1. The number of ether oxygens (including phenoxy) is 3. The van der Waals surface area contributed by atoms with Crippen LogP contribution in [0.4, 0.5) is 10.5 Å². The number of hydrogen-bond acceptors (Lipinski definition) is 7. The number of carbonyl (C=O) groups is 2. The maximum atomic E-state index is 13.4. The van der Waals surface area contributed by atoms with Gasteiger partial charge in [0.25, 0.3) is 0 Å². The molecule has 0 fully saturated rings. The monoisotopic (exact) mass is 542 g/mol. The highest BCUT2D eigenvalue weighted by Gasteiger charge is 2.26. The summed E-state index contributed by atoms with van der Waals surface area (Å²) in [5.41, 5.74) is 0.986. The Morgan fingerprint density at radius 1 is 1.11 bits per heavy atom. The molecule has 3 aromatic rings. The number of ketones is 1. The summed E-state index contributed by atoms with van der Waals surface area (Å²) in [6.07, 6.45) is 2.14. The Bertz CT molecular complexity index is 1240. The molecule has 0 aromatic carbocycles. The van der Waals surface area contributed by atoms with Crippen molar-refractivity contribution in [3.63, 3.8) is 0 Å². The fourth-order valence-corrected chi connectivity index (χ4v) is 3.99. The quantitative estimate of drug-likeness (QED) is 0.207. The largest absolute Gasteiger partial charge is 0.443 e. The van der Waals surface area contributed by atoms with Gasteiger partial charge < -0.3 is 14.2 Å². The molecular weight excluding hydrogens is 519 g/mol. The summed E-state index contributed by atoms with van der Waals surface area (Å²) in [5.74, 6) is -0.319. The lowest BCUT2D eigenvalue weighted by atomic mass is 10.1. The lowest BCUT2D eigenvalue weighted by Gasteiger charge is -2.25. The average Bonchev–Trinajstić information content (AvgIpc) is 3.10. The van der Waals surface area contributed by atoms with Crippen LogP contribution < -0.4 is 4.90 Å². The van der Waals surface area contributed by atoms with Crippen LogP contribution in [-0.2, 0) is 27.2 Å². The molecule has 0 aliphatic carbocycles. The van der Waals surface area contributed by atoms with Crippen LogP contribution in [0.15, 0.2) is 24.5 Å². The molecule has 35 heavy (non-hydrogen) atoms. The maximum absolute atomic E-state index is 13.4. The lowest BCUT2D eigenvalue weighted by molar-refractivity contribution is -0.0399. The highest BCUT2D eigenvalue weighted by molar-refractivity contribution is 6.36. The van der Waals surface area contributed by atoms with E-state index in [9.17, 15) is 9.59 Å². The van der Waals surface area contributed by atoms with Crippen molar-refractivity contribution in [1.29, 1.82) is 0 Å². The second kappa shape index (κ2) is 11.1. The first-order valence-electron chi connectivity index (χ1n) is 10.5. The molecule has 1 amide bonds. The smallest absolute Gasteiger partial charge is 0.414 e. The summed E-state index contributed by atoms with van der Waals surface area (Å²) in [5, 5.41) is 0.702. The van der Waals surface area contributed by atoms with Crippen LogP contribution in [0.3, 0.4) is 0 Å². The van der Waals surface area contributed by atoms with Crippen LogP contribution in [0.25, 0.3) is 5.65 Å². The van der Waals surface area contributed by atoms with E-state index in [2.05, 4.69) is 9.97 Å². The van der Waals surface area contributed by atoms with Gasteiger partial charge in [0.15, 0.2) is 11.4 Å². The summed E-state index contributed by atoms with van der Waals surface area (Å²) in [6, 6.07) is 3.16. The number of Topliss-reactive ketones (excluding diaryl/α,β-unsaturated/α-hetero) is 1. The Morgan fingerprint density at radius 2 is 1.77 bits per heavy atom. The molecule has 0 saturated heterocycles. The number of amides is 1. The van der Waals surface area contributed by atoms with Crippen LogP contribution in [0.5, 0.6) is 0 Å². The molecule has 0 unspecified atom stereocenters. The van der Waals surface area contributed by atoms with Crippen LogP contribution in [0.2, 0.25) is 15.2 Å². The maximum Gasteiger partial charge on any atom is 0.414 e. The molecule has 0 saturated carbocycles. The molecule has 0 N–H and O–H groups in total. The SMILES string of the molecule is COCOCc1nc2c(N(C)C(=O)OC(C)(C)C)ccc(C(=O)Cc3c(Cl)cncc3Cl)n2c1Cl. The Labute approximate surface area is 217 Å². The first kappa shape index (κ1) is 27.2. The Hall–Kier alpha value is -2.43. The zero-order valence-electron chi connectivity index (χ0n) is 19.9. The van der Waals surface area contributed by atoms with Crippen molar-refractivity contribution in [3.8, 4) is 0 Å². The van der Waals surface area contributed by atoms with E-state index in [0.29, 0.717) is 16.9 Å². The molecule has 0 atom stereocenters. The number of carbonyl (C=O) groups excluding carboxylic acids is 2. The summed E-state index contributed by atoms with van der Waals surface area (Å²) < 4.78 is 17.3. The molecule has 12 heteroatoms. The number of hydrogen-bond donors (Lipinski definition) is 0. The Balaban J connectivity index is 2.10. The van der Waals surface area contributed by atoms with Crippen LogP contribution in [-0.4, -0.2) is 52.8 Å². The van der Waals surface area contributed by atoms with Crippen molar-refractivity contribution in [1.82, 2.24) is 14.4 Å². The molecular formula is C23H25Cl3N4O5. The van der Waals surface area contributed by atoms with E-state index in [1.807, 2.05) is 0 Å². The van der Waals surface area contributed by atoms with Crippen molar-refractivity contribution in [3.05, 3.63) is 56.7 Å². The van der Waals surface area contributed by atoms with E-state index in [-0.39, 0.29) is 52.1 Å². The van der Waals surface area contributed by atoms with Gasteiger partial charge >= 0.3 is 6.09 Å². The predicted octanol–water partition coefficient (Wildman–Crippen LogP) is 5.61.